The maximum atomic E-state index is 5.48. The van der Waals surface area contributed by atoms with Crippen LogP contribution >= 0.6 is 12.2 Å². The highest BCUT2D eigenvalue weighted by Crippen LogP contribution is 2.10. The van der Waals surface area contributed by atoms with E-state index < -0.39 is 0 Å². The first-order valence-corrected chi connectivity index (χ1v) is 8.35. The molecule has 2 heterocycles. The van der Waals surface area contributed by atoms with Gasteiger partial charge in [0.25, 0.3) is 0 Å². The summed E-state index contributed by atoms with van der Waals surface area (Å²) in [5, 5.41) is 5.25. The molecule has 0 bridgehead atoms. The van der Waals surface area contributed by atoms with Gasteiger partial charge in [-0.05, 0) is 43.6 Å². The van der Waals surface area contributed by atoms with E-state index in [9.17, 15) is 0 Å². The topological polar surface area (TPSA) is 40.5 Å². The molecule has 0 saturated carbocycles. The number of nitrogens with one attached hydrogen (secondary N) is 1. The second-order valence-corrected chi connectivity index (χ2v) is 5.89. The molecule has 1 N–H and O–H groups in total. The standard InChI is InChI=1S/C18H20N4S/c23-18(22-13-7-2-8-14-22)21-20-17(15-9-3-1-4-10-15)16-11-5-6-12-19-16/h1,3-6,9-12H,2,7-8,13-14H2,(H,21,23)/b20-17-. The number of pyridine rings is 1. The van der Waals surface area contributed by atoms with Crippen LogP contribution in [0.1, 0.15) is 30.5 Å². The number of hydrogen-bond acceptors (Lipinski definition) is 3. The van der Waals surface area contributed by atoms with Crippen LogP contribution in [0.2, 0.25) is 0 Å². The Labute approximate surface area is 142 Å². The van der Waals surface area contributed by atoms with Crippen LogP contribution in [0, 0.1) is 0 Å². The molecule has 1 aliphatic rings. The summed E-state index contributed by atoms with van der Waals surface area (Å²) in [6.07, 6.45) is 5.44. The molecule has 1 aromatic carbocycles. The first-order valence-electron chi connectivity index (χ1n) is 7.94. The average Bonchev–Trinajstić information content (AvgIpc) is 2.64. The fourth-order valence-electron chi connectivity index (χ4n) is 2.64. The Morgan fingerprint density at radius 2 is 1.74 bits per heavy atom. The Morgan fingerprint density at radius 1 is 1.00 bits per heavy atom. The molecule has 118 valence electrons. The number of thiocarbonyl (C=S) groups is 1. The van der Waals surface area contributed by atoms with Crippen molar-refractivity contribution in [2.45, 2.75) is 19.3 Å². The van der Waals surface area contributed by atoms with E-state index in [1.165, 1.54) is 19.3 Å². The van der Waals surface area contributed by atoms with E-state index in [2.05, 4.69) is 20.4 Å². The minimum absolute atomic E-state index is 0.689. The molecule has 2 aromatic rings. The summed E-state index contributed by atoms with van der Waals surface area (Å²) in [4.78, 5) is 6.60. The van der Waals surface area contributed by atoms with Crippen molar-refractivity contribution in [3.63, 3.8) is 0 Å². The van der Waals surface area contributed by atoms with E-state index in [1.807, 2.05) is 48.5 Å². The number of likely N-dealkylation sites (tertiary alicyclic amines) is 1. The molecular formula is C18H20N4S. The molecule has 0 aliphatic carbocycles. The molecule has 0 unspecified atom stereocenters. The summed E-state index contributed by atoms with van der Waals surface area (Å²) < 4.78 is 0. The summed E-state index contributed by atoms with van der Waals surface area (Å²) in [5.41, 5.74) is 5.69. The quantitative estimate of drug-likeness (QED) is 0.535. The van der Waals surface area contributed by atoms with Crippen molar-refractivity contribution in [1.82, 2.24) is 15.3 Å². The van der Waals surface area contributed by atoms with Gasteiger partial charge in [0.15, 0.2) is 5.11 Å². The largest absolute Gasteiger partial charge is 0.348 e. The third-order valence-corrected chi connectivity index (χ3v) is 4.21. The second-order valence-electron chi connectivity index (χ2n) is 5.51. The van der Waals surface area contributed by atoms with Crippen molar-refractivity contribution in [1.29, 1.82) is 0 Å². The highest BCUT2D eigenvalue weighted by molar-refractivity contribution is 7.80. The predicted molar refractivity (Wildman–Crippen MR) is 97.5 cm³/mol. The normalized spacial score (nSPS) is 15.3. The van der Waals surface area contributed by atoms with Crippen molar-refractivity contribution in [3.8, 4) is 0 Å². The molecule has 1 aromatic heterocycles. The third kappa shape index (κ3) is 4.13. The molecule has 1 fully saturated rings. The Morgan fingerprint density at radius 3 is 2.43 bits per heavy atom. The van der Waals surface area contributed by atoms with Crippen molar-refractivity contribution in [3.05, 3.63) is 66.0 Å². The Balaban J connectivity index is 1.82. The summed E-state index contributed by atoms with van der Waals surface area (Å²) in [5.74, 6) is 0. The molecule has 0 radical (unpaired) electrons. The summed E-state index contributed by atoms with van der Waals surface area (Å²) in [6.45, 7) is 2.01. The van der Waals surface area contributed by atoms with Gasteiger partial charge in [-0.25, -0.2) is 0 Å². The van der Waals surface area contributed by atoms with Gasteiger partial charge in [-0.1, -0.05) is 36.4 Å². The van der Waals surface area contributed by atoms with Crippen LogP contribution < -0.4 is 5.43 Å². The molecule has 0 spiro atoms. The molecule has 3 rings (SSSR count). The molecular weight excluding hydrogens is 304 g/mol. The zero-order valence-corrected chi connectivity index (χ0v) is 13.8. The molecule has 0 amide bonds. The average molecular weight is 324 g/mol. The monoisotopic (exact) mass is 324 g/mol. The van der Waals surface area contributed by atoms with E-state index >= 15 is 0 Å². The highest BCUT2D eigenvalue weighted by Gasteiger charge is 2.14. The summed E-state index contributed by atoms with van der Waals surface area (Å²) in [7, 11) is 0. The van der Waals surface area contributed by atoms with E-state index in [4.69, 9.17) is 12.2 Å². The summed E-state index contributed by atoms with van der Waals surface area (Å²) in [6, 6.07) is 15.9. The van der Waals surface area contributed by atoms with Gasteiger partial charge in [0.1, 0.15) is 5.71 Å². The van der Waals surface area contributed by atoms with Crippen molar-refractivity contribution in [2.24, 2.45) is 5.10 Å². The van der Waals surface area contributed by atoms with Gasteiger partial charge >= 0.3 is 0 Å². The van der Waals surface area contributed by atoms with Gasteiger partial charge < -0.3 is 4.90 Å². The predicted octanol–water partition coefficient (Wildman–Crippen LogP) is 3.19. The number of hydrogen-bond donors (Lipinski definition) is 1. The molecule has 23 heavy (non-hydrogen) atoms. The van der Waals surface area contributed by atoms with Gasteiger partial charge in [-0.2, -0.15) is 5.10 Å². The van der Waals surface area contributed by atoms with E-state index in [0.717, 1.165) is 30.1 Å². The lowest BCUT2D eigenvalue weighted by Crippen LogP contribution is -2.41. The number of aromatic nitrogens is 1. The number of hydrazone groups is 1. The van der Waals surface area contributed by atoms with Gasteiger partial charge in [0, 0.05) is 24.8 Å². The molecule has 5 heteroatoms. The smallest absolute Gasteiger partial charge is 0.189 e. The molecule has 1 saturated heterocycles. The van der Waals surface area contributed by atoms with Crippen LogP contribution in [-0.4, -0.2) is 33.8 Å². The van der Waals surface area contributed by atoms with Gasteiger partial charge in [-0.15, -0.1) is 0 Å². The maximum Gasteiger partial charge on any atom is 0.189 e. The van der Waals surface area contributed by atoms with Crippen LogP contribution in [-0.2, 0) is 0 Å². The molecule has 0 atom stereocenters. The minimum atomic E-state index is 0.689. The Kier molecular flexibility index (Phi) is 5.32. The highest BCUT2D eigenvalue weighted by atomic mass is 32.1. The lowest BCUT2D eigenvalue weighted by Gasteiger charge is -2.28. The fraction of sp³-hybridized carbons (Fsp3) is 0.278. The van der Waals surface area contributed by atoms with Gasteiger partial charge in [-0.3, -0.25) is 10.4 Å². The number of rotatable bonds is 3. The first-order chi connectivity index (χ1) is 11.3. The van der Waals surface area contributed by atoms with Crippen LogP contribution in [0.4, 0.5) is 0 Å². The molecule has 4 nitrogen and oxygen atoms in total. The van der Waals surface area contributed by atoms with Gasteiger partial charge in [0.2, 0.25) is 0 Å². The lowest BCUT2D eigenvalue weighted by molar-refractivity contribution is 0.338. The minimum Gasteiger partial charge on any atom is -0.348 e. The second kappa shape index (κ2) is 7.83. The number of nitrogens with zero attached hydrogens (tertiary/aromatic N) is 3. The first kappa shape index (κ1) is 15.6. The zero-order valence-electron chi connectivity index (χ0n) is 13.0. The van der Waals surface area contributed by atoms with E-state index in [0.29, 0.717) is 5.11 Å². The lowest BCUT2D eigenvalue weighted by atomic mass is 10.1. The van der Waals surface area contributed by atoms with E-state index in [1.54, 1.807) is 6.20 Å². The third-order valence-electron chi connectivity index (χ3n) is 3.86. The summed E-state index contributed by atoms with van der Waals surface area (Å²) >= 11 is 5.48. The Hall–Kier alpha value is -2.27. The van der Waals surface area contributed by atoms with Crippen LogP contribution in [0.15, 0.2) is 59.8 Å². The number of benzene rings is 1. The SMILES string of the molecule is S=C(N/N=C(/c1ccccc1)c1ccccn1)N1CCCCC1. The number of piperidine rings is 1. The van der Waals surface area contributed by atoms with E-state index in [-0.39, 0.29) is 0 Å². The zero-order chi connectivity index (χ0) is 15.9. The molecule has 1 aliphatic heterocycles. The van der Waals surface area contributed by atoms with Crippen molar-refractivity contribution < 1.29 is 0 Å². The van der Waals surface area contributed by atoms with Crippen molar-refractivity contribution >= 4 is 23.0 Å². The van der Waals surface area contributed by atoms with Gasteiger partial charge in [0.05, 0.1) is 5.69 Å². The van der Waals surface area contributed by atoms with Crippen LogP contribution in [0.5, 0.6) is 0 Å². The van der Waals surface area contributed by atoms with Crippen molar-refractivity contribution in [2.75, 3.05) is 13.1 Å². The fourth-order valence-corrected chi connectivity index (χ4v) is 2.87. The van der Waals surface area contributed by atoms with Crippen LogP contribution in [0.3, 0.4) is 0 Å². The Bertz CT molecular complexity index is 622. The maximum absolute atomic E-state index is 5.48. The van der Waals surface area contributed by atoms with Crippen LogP contribution in [0.25, 0.3) is 0 Å².